The zero-order valence-electron chi connectivity index (χ0n) is 18.5. The number of methoxy groups -OCH3 is 1. The first kappa shape index (κ1) is 23.1. The summed E-state index contributed by atoms with van der Waals surface area (Å²) in [6.07, 6.45) is 2.69. The number of aromatic nitrogens is 4. The monoisotopic (exact) mass is 444 g/mol. The van der Waals surface area contributed by atoms with E-state index in [-0.39, 0.29) is 46.2 Å². The number of rotatable bonds is 8. The van der Waals surface area contributed by atoms with Gasteiger partial charge in [0.15, 0.2) is 23.1 Å². The molecular weight excluding hydrogens is 419 g/mol. The van der Waals surface area contributed by atoms with Gasteiger partial charge in [-0.15, -0.1) is 0 Å². The summed E-state index contributed by atoms with van der Waals surface area (Å²) in [5, 5.41) is 20.4. The molecule has 0 aliphatic heterocycles. The number of ether oxygens (including phenoxy) is 2. The van der Waals surface area contributed by atoms with Gasteiger partial charge in [0.05, 0.1) is 19.5 Å². The van der Waals surface area contributed by atoms with Crippen molar-refractivity contribution in [3.8, 4) is 28.9 Å². The number of benzene rings is 1. The lowest BCUT2D eigenvalue weighted by atomic mass is 10.0. The molecule has 170 valence electrons. The molecule has 0 unspecified atom stereocenters. The summed E-state index contributed by atoms with van der Waals surface area (Å²) in [5.74, 6) is -1.61. The van der Waals surface area contributed by atoms with E-state index in [4.69, 9.17) is 9.47 Å². The van der Waals surface area contributed by atoms with Crippen molar-refractivity contribution in [2.45, 2.75) is 39.8 Å². The smallest absolute Gasteiger partial charge is 0.354 e. The Kier molecular flexibility index (Phi) is 6.45. The highest BCUT2D eigenvalue weighted by molar-refractivity contribution is 5.88. The number of imidazole rings is 1. The number of hydrogen-bond acceptors (Lipinski definition) is 7. The van der Waals surface area contributed by atoms with Crippen LogP contribution in [0.15, 0.2) is 30.6 Å². The number of carboxylic acids is 1. The van der Waals surface area contributed by atoms with Crippen molar-refractivity contribution in [1.29, 1.82) is 0 Å². The molecule has 9 nitrogen and oxygen atoms in total. The van der Waals surface area contributed by atoms with Gasteiger partial charge in [-0.25, -0.2) is 19.2 Å². The number of hydrogen-bond donors (Lipinski definition) is 2. The lowest BCUT2D eigenvalue weighted by Crippen LogP contribution is -2.22. The fraction of sp³-hybridized carbons (Fsp3) is 0.364. The zero-order valence-corrected chi connectivity index (χ0v) is 18.5. The predicted molar refractivity (Wildman–Crippen MR) is 113 cm³/mol. The zero-order chi connectivity index (χ0) is 23.6. The second-order valence-electron chi connectivity index (χ2n) is 8.12. The highest BCUT2D eigenvalue weighted by Gasteiger charge is 2.32. The lowest BCUT2D eigenvalue weighted by Gasteiger charge is -2.16. The maximum Gasteiger partial charge on any atom is 0.354 e. The van der Waals surface area contributed by atoms with Gasteiger partial charge in [-0.2, -0.15) is 0 Å². The molecule has 0 radical (unpaired) electrons. The fourth-order valence-electron chi connectivity index (χ4n) is 3.19. The third kappa shape index (κ3) is 4.70. The van der Waals surface area contributed by atoms with Crippen LogP contribution < -0.4 is 9.47 Å². The number of nitrogens with zero attached hydrogens (tertiary/aromatic N) is 4. The first-order chi connectivity index (χ1) is 15.0. The average Bonchev–Trinajstić information content (AvgIpc) is 3.09. The Labute approximate surface area is 184 Å². The molecule has 2 aromatic heterocycles. The average molecular weight is 444 g/mol. The first-order valence-electron chi connectivity index (χ1n) is 9.92. The summed E-state index contributed by atoms with van der Waals surface area (Å²) in [4.78, 5) is 24.9. The number of aliphatic hydroxyl groups is 1. The quantitative estimate of drug-likeness (QED) is 0.537. The molecule has 0 spiro atoms. The Balaban J connectivity index is 2.14. The largest absolute Gasteiger partial charge is 0.493 e. The molecule has 0 aliphatic carbocycles. The molecule has 0 saturated heterocycles. The van der Waals surface area contributed by atoms with Crippen molar-refractivity contribution in [1.82, 2.24) is 19.5 Å². The third-order valence-corrected chi connectivity index (χ3v) is 4.50. The van der Waals surface area contributed by atoms with Gasteiger partial charge in [-0.1, -0.05) is 19.9 Å². The highest BCUT2D eigenvalue weighted by Crippen LogP contribution is 2.34. The van der Waals surface area contributed by atoms with Crippen molar-refractivity contribution >= 4 is 5.97 Å². The minimum atomic E-state index is -1.51. The molecule has 2 heterocycles. The second-order valence-corrected chi connectivity index (χ2v) is 8.12. The third-order valence-electron chi connectivity index (χ3n) is 4.50. The minimum Gasteiger partial charge on any atom is -0.493 e. The van der Waals surface area contributed by atoms with Crippen LogP contribution in [0, 0.1) is 11.7 Å². The van der Waals surface area contributed by atoms with Crippen LogP contribution in [0.5, 0.6) is 17.4 Å². The Morgan fingerprint density at radius 1 is 1.25 bits per heavy atom. The van der Waals surface area contributed by atoms with E-state index < -0.39 is 17.4 Å². The molecule has 0 atom stereocenters. The van der Waals surface area contributed by atoms with Crippen LogP contribution in [0.2, 0.25) is 0 Å². The highest BCUT2D eigenvalue weighted by atomic mass is 19.1. The van der Waals surface area contributed by atoms with Gasteiger partial charge < -0.3 is 24.3 Å². The van der Waals surface area contributed by atoms with Gasteiger partial charge in [0.1, 0.15) is 17.0 Å². The molecule has 3 aromatic rings. The van der Waals surface area contributed by atoms with Crippen LogP contribution in [0.4, 0.5) is 4.39 Å². The van der Waals surface area contributed by atoms with Gasteiger partial charge in [-0.05, 0) is 31.9 Å². The van der Waals surface area contributed by atoms with Crippen LogP contribution in [0.1, 0.15) is 43.9 Å². The predicted octanol–water partition coefficient (Wildman–Crippen LogP) is 3.86. The van der Waals surface area contributed by atoms with Crippen LogP contribution in [0.3, 0.4) is 0 Å². The van der Waals surface area contributed by atoms with Crippen LogP contribution in [-0.4, -0.2) is 42.8 Å². The standard InChI is InChI=1S/C22H25FN4O5/c1-12(2)11-27-17(21(28)29)19(22(3,4)30)26-20(27)14-9-24-10-16(25-14)32-18-13(23)7-6-8-15(18)31-5/h6-10,12,30H,11H2,1-5H3,(H,28,29). The van der Waals surface area contributed by atoms with E-state index in [1.165, 1.54) is 50.1 Å². The molecule has 10 heteroatoms. The second kappa shape index (κ2) is 8.91. The van der Waals surface area contributed by atoms with Crippen molar-refractivity contribution in [3.63, 3.8) is 0 Å². The molecule has 0 saturated carbocycles. The molecule has 0 aliphatic rings. The van der Waals surface area contributed by atoms with Crippen LogP contribution in [0.25, 0.3) is 11.5 Å². The Bertz CT molecular complexity index is 1140. The molecule has 0 amide bonds. The normalized spacial score (nSPS) is 11.6. The summed E-state index contributed by atoms with van der Waals surface area (Å²) in [6, 6.07) is 4.25. The van der Waals surface area contributed by atoms with Gasteiger partial charge in [0.25, 0.3) is 0 Å². The molecule has 3 rings (SSSR count). The number of carbonyl (C=O) groups is 1. The molecular formula is C22H25FN4O5. The maximum absolute atomic E-state index is 14.3. The van der Waals surface area contributed by atoms with Gasteiger partial charge in [-0.3, -0.25) is 4.98 Å². The summed E-state index contributed by atoms with van der Waals surface area (Å²) < 4.78 is 26.5. The van der Waals surface area contributed by atoms with Gasteiger partial charge >= 0.3 is 5.97 Å². The lowest BCUT2D eigenvalue weighted by molar-refractivity contribution is 0.0601. The maximum atomic E-state index is 14.3. The minimum absolute atomic E-state index is 0.00421. The van der Waals surface area contributed by atoms with Crippen LogP contribution in [-0.2, 0) is 12.1 Å². The Morgan fingerprint density at radius 3 is 2.56 bits per heavy atom. The van der Waals surface area contributed by atoms with E-state index in [9.17, 15) is 19.4 Å². The number of para-hydroxylation sites is 1. The SMILES string of the molecule is COc1cccc(F)c1Oc1cncc(-c2nc(C(C)(C)O)c(C(=O)O)n2CC(C)C)n1. The van der Waals surface area contributed by atoms with E-state index in [0.29, 0.717) is 6.54 Å². The van der Waals surface area contributed by atoms with Crippen molar-refractivity contribution in [3.05, 3.63) is 47.8 Å². The van der Waals surface area contributed by atoms with Crippen molar-refractivity contribution in [2.75, 3.05) is 7.11 Å². The molecule has 0 bridgehead atoms. The van der Waals surface area contributed by atoms with E-state index in [2.05, 4.69) is 15.0 Å². The molecule has 0 fully saturated rings. The Morgan fingerprint density at radius 2 is 1.97 bits per heavy atom. The summed E-state index contributed by atoms with van der Waals surface area (Å²) in [7, 11) is 1.39. The van der Waals surface area contributed by atoms with E-state index in [0.717, 1.165) is 0 Å². The van der Waals surface area contributed by atoms with E-state index >= 15 is 0 Å². The van der Waals surface area contributed by atoms with E-state index in [1.54, 1.807) is 6.07 Å². The summed E-state index contributed by atoms with van der Waals surface area (Å²) in [5.41, 5.74) is -1.43. The first-order valence-corrected chi connectivity index (χ1v) is 9.92. The van der Waals surface area contributed by atoms with Crippen molar-refractivity contribution in [2.24, 2.45) is 5.92 Å². The Hall–Kier alpha value is -3.53. The summed E-state index contributed by atoms with van der Waals surface area (Å²) >= 11 is 0. The number of halogens is 1. The van der Waals surface area contributed by atoms with Crippen LogP contribution >= 0.6 is 0 Å². The van der Waals surface area contributed by atoms with Gasteiger partial charge in [0, 0.05) is 6.54 Å². The molecule has 32 heavy (non-hydrogen) atoms. The topological polar surface area (TPSA) is 120 Å². The fourth-order valence-corrected chi connectivity index (χ4v) is 3.19. The summed E-state index contributed by atoms with van der Waals surface area (Å²) in [6.45, 7) is 7.08. The number of carboxylic acid groups (broad SMARTS) is 1. The molecule has 2 N–H and O–H groups in total. The molecule has 1 aromatic carbocycles. The van der Waals surface area contributed by atoms with Crippen molar-refractivity contribution < 1.29 is 28.9 Å². The number of aromatic carboxylic acids is 1. The van der Waals surface area contributed by atoms with Gasteiger partial charge in [0.2, 0.25) is 11.6 Å². The van der Waals surface area contributed by atoms with E-state index in [1.807, 2.05) is 13.8 Å².